The van der Waals surface area contributed by atoms with E-state index in [-0.39, 0.29) is 6.03 Å². The molecule has 1 aromatic heterocycles. The van der Waals surface area contributed by atoms with Crippen molar-refractivity contribution in [2.45, 2.75) is 13.2 Å². The lowest BCUT2D eigenvalue weighted by Gasteiger charge is -2.22. The van der Waals surface area contributed by atoms with E-state index in [1.165, 1.54) is 17.1 Å². The van der Waals surface area contributed by atoms with Crippen molar-refractivity contribution in [1.82, 2.24) is 19.6 Å². The summed E-state index contributed by atoms with van der Waals surface area (Å²) in [4.78, 5) is 16.1. The van der Waals surface area contributed by atoms with E-state index in [1.807, 2.05) is 61.6 Å². The van der Waals surface area contributed by atoms with Crippen LogP contribution in [0.25, 0.3) is 0 Å². The van der Waals surface area contributed by atoms with E-state index in [9.17, 15) is 4.79 Å². The molecule has 154 valence electrons. The van der Waals surface area contributed by atoms with Gasteiger partial charge in [0.25, 0.3) is 0 Å². The molecule has 7 nitrogen and oxygen atoms in total. The van der Waals surface area contributed by atoms with E-state index in [4.69, 9.17) is 10.00 Å². The number of hydrogen-bond donors (Lipinski definition) is 0. The predicted molar refractivity (Wildman–Crippen MR) is 114 cm³/mol. The Hall–Kier alpha value is -3.63. The van der Waals surface area contributed by atoms with Gasteiger partial charge in [0, 0.05) is 26.7 Å². The van der Waals surface area contributed by atoms with E-state index in [2.05, 4.69) is 16.1 Å². The van der Waals surface area contributed by atoms with Crippen molar-refractivity contribution in [1.29, 1.82) is 5.26 Å². The number of carbonyl (C=O) groups excluding carboxylic acids is 1. The molecule has 1 heterocycles. The average molecular weight is 403 g/mol. The maximum atomic E-state index is 12.4. The van der Waals surface area contributed by atoms with Crippen LogP contribution in [-0.4, -0.2) is 52.8 Å². The third kappa shape index (κ3) is 5.93. The van der Waals surface area contributed by atoms with Crippen LogP contribution >= 0.6 is 0 Å². The van der Waals surface area contributed by atoms with Crippen LogP contribution in [0.3, 0.4) is 0 Å². The van der Waals surface area contributed by atoms with Gasteiger partial charge in [0.15, 0.2) is 0 Å². The van der Waals surface area contributed by atoms with Gasteiger partial charge in [-0.25, -0.2) is 4.79 Å². The molecular weight excluding hydrogens is 378 g/mol. The Kier molecular flexibility index (Phi) is 7.19. The molecule has 3 rings (SSSR count). The van der Waals surface area contributed by atoms with E-state index in [1.54, 1.807) is 11.9 Å². The Balaban J connectivity index is 1.47. The third-order valence-electron chi connectivity index (χ3n) is 4.65. The molecule has 0 saturated heterocycles. The Morgan fingerprint density at radius 2 is 1.87 bits per heavy atom. The molecule has 0 aliphatic carbocycles. The Morgan fingerprint density at radius 1 is 1.10 bits per heavy atom. The molecule has 0 fully saturated rings. The minimum absolute atomic E-state index is 0.263. The van der Waals surface area contributed by atoms with Gasteiger partial charge in [0.1, 0.15) is 18.4 Å². The molecule has 7 heteroatoms. The topological polar surface area (TPSA) is 74.4 Å². The van der Waals surface area contributed by atoms with Crippen LogP contribution in [0.4, 0.5) is 4.79 Å². The Morgan fingerprint density at radius 3 is 2.60 bits per heavy atom. The SMILES string of the molecule is CN(CCN(C)C(=O)n1cc(C#N)cn1)Cc1cccc(OCc2ccccc2)c1. The average Bonchev–Trinajstić information content (AvgIpc) is 3.26. The summed E-state index contributed by atoms with van der Waals surface area (Å²) < 4.78 is 7.09. The second kappa shape index (κ2) is 10.2. The van der Waals surface area contributed by atoms with Crippen molar-refractivity contribution in [3.05, 3.63) is 83.7 Å². The van der Waals surface area contributed by atoms with Crippen LogP contribution in [0.15, 0.2) is 67.0 Å². The standard InChI is InChI=1S/C23H25N5O2/c1-26(11-12-27(2)23(29)28-17-21(14-24)15-25-28)16-20-9-6-10-22(13-20)30-18-19-7-4-3-5-8-19/h3-10,13,15,17H,11-12,16,18H2,1-2H3. The number of amides is 1. The van der Waals surface area contributed by atoms with E-state index >= 15 is 0 Å². The van der Waals surface area contributed by atoms with Crippen LogP contribution in [0, 0.1) is 11.3 Å². The molecule has 0 spiro atoms. The first kappa shape index (κ1) is 21.1. The number of likely N-dealkylation sites (N-methyl/N-ethyl adjacent to an activating group) is 2. The highest BCUT2D eigenvalue weighted by atomic mass is 16.5. The van der Waals surface area contributed by atoms with E-state index < -0.39 is 0 Å². The molecule has 0 bridgehead atoms. The van der Waals surface area contributed by atoms with Crippen molar-refractivity contribution >= 4 is 6.03 Å². The Labute approximate surface area is 176 Å². The van der Waals surface area contributed by atoms with Gasteiger partial charge in [0.2, 0.25) is 0 Å². The summed E-state index contributed by atoms with van der Waals surface area (Å²) in [5.74, 6) is 0.837. The van der Waals surface area contributed by atoms with Crippen LogP contribution in [0.2, 0.25) is 0 Å². The minimum Gasteiger partial charge on any atom is -0.489 e. The molecule has 0 aliphatic rings. The van der Waals surface area contributed by atoms with Gasteiger partial charge in [-0.05, 0) is 30.3 Å². The fourth-order valence-corrected chi connectivity index (χ4v) is 2.94. The van der Waals surface area contributed by atoms with Crippen molar-refractivity contribution in [2.75, 3.05) is 27.2 Å². The second-order valence-corrected chi connectivity index (χ2v) is 7.15. The van der Waals surface area contributed by atoms with Crippen LogP contribution < -0.4 is 4.74 Å². The highest BCUT2D eigenvalue weighted by Gasteiger charge is 2.13. The van der Waals surface area contributed by atoms with Gasteiger partial charge < -0.3 is 14.5 Å². The quantitative estimate of drug-likeness (QED) is 0.577. The zero-order chi connectivity index (χ0) is 21.3. The van der Waals surface area contributed by atoms with Crippen molar-refractivity contribution in [2.24, 2.45) is 0 Å². The first-order valence-corrected chi connectivity index (χ1v) is 9.69. The van der Waals surface area contributed by atoms with Crippen molar-refractivity contribution in [3.8, 4) is 11.8 Å². The van der Waals surface area contributed by atoms with Gasteiger partial charge in [-0.15, -0.1) is 0 Å². The van der Waals surface area contributed by atoms with Gasteiger partial charge >= 0.3 is 6.03 Å². The number of aromatic nitrogens is 2. The van der Waals surface area contributed by atoms with E-state index in [0.29, 0.717) is 25.3 Å². The fourth-order valence-electron chi connectivity index (χ4n) is 2.94. The molecule has 0 N–H and O–H groups in total. The molecule has 2 aromatic carbocycles. The summed E-state index contributed by atoms with van der Waals surface area (Å²) in [6.45, 7) is 2.52. The molecule has 30 heavy (non-hydrogen) atoms. The molecule has 0 unspecified atom stereocenters. The smallest absolute Gasteiger partial charge is 0.344 e. The van der Waals surface area contributed by atoms with Crippen LogP contribution in [0.1, 0.15) is 16.7 Å². The van der Waals surface area contributed by atoms with Crippen LogP contribution in [0.5, 0.6) is 5.75 Å². The van der Waals surface area contributed by atoms with Gasteiger partial charge in [-0.2, -0.15) is 15.0 Å². The summed E-state index contributed by atoms with van der Waals surface area (Å²) >= 11 is 0. The molecule has 0 radical (unpaired) electrons. The maximum Gasteiger partial charge on any atom is 0.344 e. The molecule has 0 saturated carbocycles. The minimum atomic E-state index is -0.263. The largest absolute Gasteiger partial charge is 0.489 e. The van der Waals surface area contributed by atoms with E-state index in [0.717, 1.165) is 23.4 Å². The second-order valence-electron chi connectivity index (χ2n) is 7.15. The first-order valence-electron chi connectivity index (χ1n) is 9.69. The fraction of sp³-hybridized carbons (Fsp3) is 0.261. The monoisotopic (exact) mass is 403 g/mol. The number of nitrogens with zero attached hydrogens (tertiary/aromatic N) is 5. The van der Waals surface area contributed by atoms with Crippen LogP contribution in [-0.2, 0) is 13.2 Å². The number of rotatable bonds is 8. The number of ether oxygens (including phenoxy) is 1. The summed E-state index contributed by atoms with van der Waals surface area (Å²) in [6, 6.07) is 19.8. The molecule has 0 aliphatic heterocycles. The lowest BCUT2D eigenvalue weighted by Crippen LogP contribution is -2.37. The first-order chi connectivity index (χ1) is 14.5. The number of benzene rings is 2. The number of hydrogen-bond acceptors (Lipinski definition) is 5. The maximum absolute atomic E-state index is 12.4. The summed E-state index contributed by atoms with van der Waals surface area (Å²) in [5, 5.41) is 12.8. The molecule has 3 aromatic rings. The lowest BCUT2D eigenvalue weighted by molar-refractivity contribution is 0.198. The summed E-state index contributed by atoms with van der Waals surface area (Å²) in [5.41, 5.74) is 2.64. The molecule has 0 atom stereocenters. The van der Waals surface area contributed by atoms with Gasteiger partial charge in [-0.3, -0.25) is 0 Å². The lowest BCUT2D eigenvalue weighted by atomic mass is 10.2. The molecular formula is C23H25N5O2. The zero-order valence-electron chi connectivity index (χ0n) is 17.2. The van der Waals surface area contributed by atoms with Crippen molar-refractivity contribution in [3.63, 3.8) is 0 Å². The third-order valence-corrected chi connectivity index (χ3v) is 4.65. The number of nitriles is 1. The Bertz CT molecular complexity index is 1010. The summed E-state index contributed by atoms with van der Waals surface area (Å²) in [6.07, 6.45) is 2.81. The van der Waals surface area contributed by atoms with Crippen molar-refractivity contribution < 1.29 is 9.53 Å². The van der Waals surface area contributed by atoms with Gasteiger partial charge in [-0.1, -0.05) is 42.5 Å². The predicted octanol–water partition coefficient (Wildman–Crippen LogP) is 3.37. The normalized spacial score (nSPS) is 10.6. The summed E-state index contributed by atoms with van der Waals surface area (Å²) in [7, 11) is 3.74. The van der Waals surface area contributed by atoms with Gasteiger partial charge in [0.05, 0.1) is 18.0 Å². The highest BCUT2D eigenvalue weighted by molar-refractivity contribution is 5.75. The highest BCUT2D eigenvalue weighted by Crippen LogP contribution is 2.16. The molecule has 1 amide bonds. The zero-order valence-corrected chi connectivity index (χ0v) is 17.2. The number of carbonyl (C=O) groups is 1.